The quantitative estimate of drug-likeness (QED) is 0.925. The summed E-state index contributed by atoms with van der Waals surface area (Å²) in [5.74, 6) is 0.872. The van der Waals surface area contributed by atoms with E-state index in [0.717, 1.165) is 30.8 Å². The number of benzene rings is 1. The normalized spacial score (nSPS) is 25.0. The van der Waals surface area contributed by atoms with Gasteiger partial charge in [-0.15, -0.1) is 0 Å². The maximum Gasteiger partial charge on any atom is 0.124 e. The fourth-order valence-corrected chi connectivity index (χ4v) is 3.65. The Kier molecular flexibility index (Phi) is 4.20. The Balaban J connectivity index is 1.71. The molecule has 0 radical (unpaired) electrons. The van der Waals surface area contributed by atoms with Crippen molar-refractivity contribution in [2.24, 2.45) is 5.73 Å². The Morgan fingerprint density at radius 3 is 2.90 bits per heavy atom. The van der Waals surface area contributed by atoms with Crippen molar-refractivity contribution in [1.82, 2.24) is 0 Å². The van der Waals surface area contributed by atoms with Crippen LogP contribution in [-0.4, -0.2) is 18.3 Å². The largest absolute Gasteiger partial charge is 0.490 e. The maximum absolute atomic E-state index is 6.20. The van der Waals surface area contributed by atoms with Gasteiger partial charge in [0.2, 0.25) is 0 Å². The predicted octanol–water partition coefficient (Wildman–Crippen LogP) is 3.67. The summed E-state index contributed by atoms with van der Waals surface area (Å²) in [4.78, 5) is 0. The van der Waals surface area contributed by atoms with Gasteiger partial charge in [-0.25, -0.2) is 0 Å². The van der Waals surface area contributed by atoms with Crippen LogP contribution in [0.15, 0.2) is 18.2 Å². The number of nitrogens with two attached hydrogens (primary N) is 1. The van der Waals surface area contributed by atoms with Gasteiger partial charge in [0.05, 0.1) is 12.2 Å². The number of hydrogen-bond donors (Lipinski definition) is 1. The molecular weight excluding hydrogens is 274 g/mol. The van der Waals surface area contributed by atoms with Gasteiger partial charge >= 0.3 is 0 Å². The monoisotopic (exact) mass is 295 g/mol. The van der Waals surface area contributed by atoms with Crippen LogP contribution < -0.4 is 10.5 Å². The van der Waals surface area contributed by atoms with Crippen molar-refractivity contribution in [2.75, 3.05) is 6.61 Å². The molecule has 2 aliphatic rings. The van der Waals surface area contributed by atoms with Gasteiger partial charge in [-0.05, 0) is 31.0 Å². The van der Waals surface area contributed by atoms with E-state index in [9.17, 15) is 0 Å². The summed E-state index contributed by atoms with van der Waals surface area (Å²) in [5, 5.41) is 0.706. The lowest BCUT2D eigenvalue weighted by Gasteiger charge is -2.38. The summed E-state index contributed by atoms with van der Waals surface area (Å²) in [6, 6.07) is 5.68. The molecule has 1 heterocycles. The second kappa shape index (κ2) is 5.92. The number of ether oxygens (including phenoxy) is 2. The Labute approximate surface area is 125 Å². The standard InChI is InChI=1S/C16H22ClNO2/c17-13-3-4-15(12(9-13)11-18)20-14-5-8-19-16(10-14)6-1-2-7-16/h3-4,9,14H,1-2,5-8,10-11,18H2. The molecule has 1 aliphatic carbocycles. The third-order valence-corrected chi connectivity index (χ3v) is 4.73. The molecule has 1 aliphatic heterocycles. The summed E-state index contributed by atoms with van der Waals surface area (Å²) >= 11 is 6.01. The summed E-state index contributed by atoms with van der Waals surface area (Å²) in [5.41, 5.74) is 6.83. The van der Waals surface area contributed by atoms with E-state index in [-0.39, 0.29) is 11.7 Å². The van der Waals surface area contributed by atoms with Crippen LogP contribution in [0.25, 0.3) is 0 Å². The SMILES string of the molecule is NCc1cc(Cl)ccc1OC1CCOC2(CCCC2)C1. The second-order valence-electron chi connectivity index (χ2n) is 5.93. The van der Waals surface area contributed by atoms with Gasteiger partial charge in [-0.1, -0.05) is 24.4 Å². The van der Waals surface area contributed by atoms with E-state index >= 15 is 0 Å². The van der Waals surface area contributed by atoms with E-state index in [1.807, 2.05) is 18.2 Å². The molecule has 1 saturated heterocycles. The van der Waals surface area contributed by atoms with Gasteiger partial charge in [0, 0.05) is 30.0 Å². The minimum absolute atomic E-state index is 0.0816. The van der Waals surface area contributed by atoms with Crippen molar-refractivity contribution in [3.63, 3.8) is 0 Å². The highest BCUT2D eigenvalue weighted by atomic mass is 35.5. The number of hydrogen-bond acceptors (Lipinski definition) is 3. The molecule has 1 saturated carbocycles. The highest BCUT2D eigenvalue weighted by molar-refractivity contribution is 6.30. The first kappa shape index (κ1) is 14.2. The zero-order chi connectivity index (χ0) is 14.0. The van der Waals surface area contributed by atoms with Gasteiger partial charge in [0.25, 0.3) is 0 Å². The van der Waals surface area contributed by atoms with Gasteiger partial charge in [-0.2, -0.15) is 0 Å². The molecule has 2 N–H and O–H groups in total. The molecule has 20 heavy (non-hydrogen) atoms. The minimum Gasteiger partial charge on any atom is -0.490 e. The van der Waals surface area contributed by atoms with Crippen molar-refractivity contribution in [2.45, 2.75) is 56.8 Å². The zero-order valence-corrected chi connectivity index (χ0v) is 12.5. The summed E-state index contributed by atoms with van der Waals surface area (Å²) in [6.45, 7) is 1.25. The van der Waals surface area contributed by atoms with Crippen molar-refractivity contribution < 1.29 is 9.47 Å². The van der Waals surface area contributed by atoms with Crippen molar-refractivity contribution in [3.05, 3.63) is 28.8 Å². The van der Waals surface area contributed by atoms with Crippen LogP contribution >= 0.6 is 11.6 Å². The number of rotatable bonds is 3. The molecule has 1 aromatic rings. The van der Waals surface area contributed by atoms with Gasteiger partial charge < -0.3 is 15.2 Å². The van der Waals surface area contributed by atoms with Crippen molar-refractivity contribution >= 4 is 11.6 Å². The number of halogens is 1. The molecule has 1 spiro atoms. The lowest BCUT2D eigenvalue weighted by Crippen LogP contribution is -2.41. The van der Waals surface area contributed by atoms with Crippen LogP contribution in [0, 0.1) is 0 Å². The first-order valence-electron chi connectivity index (χ1n) is 7.50. The van der Waals surface area contributed by atoms with Crippen LogP contribution in [0.2, 0.25) is 5.02 Å². The lowest BCUT2D eigenvalue weighted by molar-refractivity contribution is -0.108. The molecule has 0 amide bonds. The van der Waals surface area contributed by atoms with E-state index in [1.165, 1.54) is 25.7 Å². The van der Waals surface area contributed by atoms with Crippen LogP contribution in [0.1, 0.15) is 44.1 Å². The van der Waals surface area contributed by atoms with Crippen LogP contribution in [0.3, 0.4) is 0 Å². The highest BCUT2D eigenvalue weighted by Gasteiger charge is 2.40. The van der Waals surface area contributed by atoms with E-state index in [0.29, 0.717) is 11.6 Å². The Bertz CT molecular complexity index is 472. The third kappa shape index (κ3) is 2.95. The average molecular weight is 296 g/mol. The van der Waals surface area contributed by atoms with Gasteiger partial charge in [0.1, 0.15) is 11.9 Å². The van der Waals surface area contributed by atoms with Gasteiger partial charge in [-0.3, -0.25) is 0 Å². The van der Waals surface area contributed by atoms with Crippen LogP contribution in [0.5, 0.6) is 5.75 Å². The van der Waals surface area contributed by atoms with Crippen molar-refractivity contribution in [3.8, 4) is 5.75 Å². The molecule has 2 fully saturated rings. The Hall–Kier alpha value is -0.770. The molecular formula is C16H22ClNO2. The van der Waals surface area contributed by atoms with Gasteiger partial charge in [0.15, 0.2) is 0 Å². The highest BCUT2D eigenvalue weighted by Crippen LogP contribution is 2.41. The molecule has 1 atom stereocenters. The summed E-state index contributed by atoms with van der Waals surface area (Å²) < 4.78 is 12.2. The molecule has 3 nitrogen and oxygen atoms in total. The zero-order valence-electron chi connectivity index (χ0n) is 11.7. The van der Waals surface area contributed by atoms with Crippen LogP contribution in [-0.2, 0) is 11.3 Å². The molecule has 3 rings (SSSR count). The molecule has 110 valence electrons. The summed E-state index contributed by atoms with van der Waals surface area (Å²) in [7, 11) is 0. The molecule has 4 heteroatoms. The smallest absolute Gasteiger partial charge is 0.124 e. The Morgan fingerprint density at radius 1 is 1.35 bits per heavy atom. The topological polar surface area (TPSA) is 44.5 Å². The molecule has 0 aromatic heterocycles. The maximum atomic E-state index is 6.20. The predicted molar refractivity (Wildman–Crippen MR) is 80.1 cm³/mol. The molecule has 1 unspecified atom stereocenters. The van der Waals surface area contributed by atoms with Crippen molar-refractivity contribution in [1.29, 1.82) is 0 Å². The van der Waals surface area contributed by atoms with E-state index in [1.54, 1.807) is 0 Å². The summed E-state index contributed by atoms with van der Waals surface area (Å²) in [6.07, 6.45) is 7.10. The minimum atomic E-state index is 0.0816. The third-order valence-electron chi connectivity index (χ3n) is 4.50. The lowest BCUT2D eigenvalue weighted by atomic mass is 9.90. The fraction of sp³-hybridized carbons (Fsp3) is 0.625. The van der Waals surface area contributed by atoms with E-state index in [4.69, 9.17) is 26.8 Å². The Morgan fingerprint density at radius 2 is 2.15 bits per heavy atom. The van der Waals surface area contributed by atoms with Crippen LogP contribution in [0.4, 0.5) is 0 Å². The fourth-order valence-electron chi connectivity index (χ4n) is 3.45. The molecule has 0 bridgehead atoms. The van der Waals surface area contributed by atoms with E-state index in [2.05, 4.69) is 0 Å². The van der Waals surface area contributed by atoms with E-state index < -0.39 is 0 Å². The average Bonchev–Trinajstić information content (AvgIpc) is 2.89. The first-order chi connectivity index (χ1) is 9.71. The molecule has 1 aromatic carbocycles. The first-order valence-corrected chi connectivity index (χ1v) is 7.88. The second-order valence-corrected chi connectivity index (χ2v) is 6.36.